The highest BCUT2D eigenvalue weighted by Gasteiger charge is 2.17. The fourth-order valence-corrected chi connectivity index (χ4v) is 1.51. The summed E-state index contributed by atoms with van der Waals surface area (Å²) in [6.07, 6.45) is 0. The van der Waals surface area contributed by atoms with Crippen LogP contribution in [0.4, 0.5) is 0 Å². The Hall–Kier alpha value is -0.930. The molecule has 1 aromatic rings. The van der Waals surface area contributed by atoms with Gasteiger partial charge >= 0.3 is 5.97 Å². The van der Waals surface area contributed by atoms with E-state index in [4.69, 9.17) is 27.9 Å². The summed E-state index contributed by atoms with van der Waals surface area (Å²) in [6.45, 7) is 0. The summed E-state index contributed by atoms with van der Waals surface area (Å²) in [5, 5.41) is 0. The largest absolute Gasteiger partial charge is 0.497 e. The number of ether oxygens (including phenoxy) is 2. The molecular formula is C10H10Cl2O3. The van der Waals surface area contributed by atoms with Crippen LogP contribution < -0.4 is 4.74 Å². The lowest BCUT2D eigenvalue weighted by Crippen LogP contribution is -2.05. The van der Waals surface area contributed by atoms with Gasteiger partial charge in [0.15, 0.2) is 0 Å². The summed E-state index contributed by atoms with van der Waals surface area (Å²) in [5.74, 6) is 0.114. The molecule has 0 aliphatic rings. The topological polar surface area (TPSA) is 35.5 Å². The molecule has 0 radical (unpaired) electrons. The molecule has 0 saturated heterocycles. The van der Waals surface area contributed by atoms with Gasteiger partial charge in [-0.2, -0.15) is 0 Å². The van der Waals surface area contributed by atoms with Gasteiger partial charge in [-0.3, -0.25) is 0 Å². The van der Waals surface area contributed by atoms with E-state index in [-0.39, 0.29) is 0 Å². The maximum Gasteiger partial charge on any atom is 0.338 e. The van der Waals surface area contributed by atoms with E-state index < -0.39 is 10.8 Å². The number of rotatable bonds is 3. The number of esters is 1. The number of methoxy groups -OCH3 is 2. The zero-order valence-corrected chi connectivity index (χ0v) is 9.80. The van der Waals surface area contributed by atoms with Crippen LogP contribution in [0.5, 0.6) is 5.75 Å². The van der Waals surface area contributed by atoms with Crippen LogP contribution in [0.15, 0.2) is 18.2 Å². The van der Waals surface area contributed by atoms with Gasteiger partial charge in [0.25, 0.3) is 0 Å². The molecule has 0 amide bonds. The molecule has 0 spiro atoms. The van der Waals surface area contributed by atoms with Gasteiger partial charge < -0.3 is 9.47 Å². The molecule has 0 aromatic heterocycles. The van der Waals surface area contributed by atoms with Crippen molar-refractivity contribution in [3.8, 4) is 5.75 Å². The van der Waals surface area contributed by atoms with E-state index in [0.29, 0.717) is 16.9 Å². The second-order valence-corrected chi connectivity index (χ2v) is 3.84. The van der Waals surface area contributed by atoms with Crippen molar-refractivity contribution in [1.29, 1.82) is 0 Å². The van der Waals surface area contributed by atoms with Crippen molar-refractivity contribution < 1.29 is 14.3 Å². The van der Waals surface area contributed by atoms with E-state index >= 15 is 0 Å². The lowest BCUT2D eigenvalue weighted by atomic mass is 10.1. The van der Waals surface area contributed by atoms with Gasteiger partial charge in [-0.05, 0) is 18.2 Å². The molecule has 1 rings (SSSR count). The van der Waals surface area contributed by atoms with Gasteiger partial charge in [0.2, 0.25) is 0 Å². The summed E-state index contributed by atoms with van der Waals surface area (Å²) in [5.41, 5.74) is 0.817. The summed E-state index contributed by atoms with van der Waals surface area (Å²) in [7, 11) is 2.82. The summed E-state index contributed by atoms with van der Waals surface area (Å²) >= 11 is 11.5. The van der Waals surface area contributed by atoms with Gasteiger partial charge in [0.1, 0.15) is 10.6 Å². The quantitative estimate of drug-likeness (QED) is 0.610. The first-order valence-electron chi connectivity index (χ1n) is 4.14. The maximum atomic E-state index is 11.4. The highest BCUT2D eigenvalue weighted by molar-refractivity contribution is 6.44. The molecule has 0 bridgehead atoms. The highest BCUT2D eigenvalue weighted by atomic mass is 35.5. The van der Waals surface area contributed by atoms with E-state index in [1.165, 1.54) is 14.2 Å². The maximum absolute atomic E-state index is 11.4. The van der Waals surface area contributed by atoms with Crippen LogP contribution in [-0.4, -0.2) is 20.2 Å². The molecule has 0 atom stereocenters. The molecule has 0 N–H and O–H groups in total. The SMILES string of the molecule is COC(=O)c1ccc(OC)cc1C(Cl)Cl. The Morgan fingerprint density at radius 1 is 1.33 bits per heavy atom. The second-order valence-electron chi connectivity index (χ2n) is 2.75. The monoisotopic (exact) mass is 248 g/mol. The molecule has 0 aliphatic heterocycles. The second kappa shape index (κ2) is 5.24. The molecule has 0 fully saturated rings. The Morgan fingerprint density at radius 2 is 2.00 bits per heavy atom. The van der Waals surface area contributed by atoms with E-state index in [1.54, 1.807) is 18.2 Å². The minimum Gasteiger partial charge on any atom is -0.497 e. The standard InChI is InChI=1S/C10H10Cl2O3/c1-14-6-3-4-7(10(13)15-2)8(5-6)9(11)12/h3-5,9H,1-2H3. The molecule has 3 nitrogen and oxygen atoms in total. The average Bonchev–Trinajstić information content (AvgIpc) is 2.27. The van der Waals surface area contributed by atoms with Crippen molar-refractivity contribution in [2.24, 2.45) is 0 Å². The Bertz CT molecular complexity index is 364. The van der Waals surface area contributed by atoms with Crippen molar-refractivity contribution in [3.63, 3.8) is 0 Å². The minimum absolute atomic E-state index is 0.341. The van der Waals surface area contributed by atoms with Crippen molar-refractivity contribution in [2.45, 2.75) is 4.84 Å². The van der Waals surface area contributed by atoms with Gasteiger partial charge in [0.05, 0.1) is 19.8 Å². The van der Waals surface area contributed by atoms with Crippen LogP contribution in [-0.2, 0) is 4.74 Å². The van der Waals surface area contributed by atoms with Crippen LogP contribution in [0.2, 0.25) is 0 Å². The number of carbonyl (C=O) groups excluding carboxylic acids is 1. The molecule has 0 heterocycles. The summed E-state index contributed by atoms with van der Waals surface area (Å²) in [4.78, 5) is 10.6. The minimum atomic E-state index is -0.797. The third-order valence-corrected chi connectivity index (χ3v) is 2.37. The summed E-state index contributed by atoms with van der Waals surface area (Å²) < 4.78 is 9.61. The number of carbonyl (C=O) groups is 1. The number of hydrogen-bond donors (Lipinski definition) is 0. The average molecular weight is 249 g/mol. The Balaban J connectivity index is 3.21. The zero-order valence-electron chi connectivity index (χ0n) is 8.29. The van der Waals surface area contributed by atoms with E-state index in [1.807, 2.05) is 0 Å². The van der Waals surface area contributed by atoms with Gasteiger partial charge in [-0.25, -0.2) is 4.79 Å². The summed E-state index contributed by atoms with van der Waals surface area (Å²) in [6, 6.07) is 4.82. The normalized spacial score (nSPS) is 10.2. The molecule has 15 heavy (non-hydrogen) atoms. The lowest BCUT2D eigenvalue weighted by Gasteiger charge is -2.10. The molecular weight excluding hydrogens is 239 g/mol. The fraction of sp³-hybridized carbons (Fsp3) is 0.300. The molecule has 0 unspecified atom stereocenters. The van der Waals surface area contributed by atoms with Crippen LogP contribution in [0.3, 0.4) is 0 Å². The van der Waals surface area contributed by atoms with E-state index in [0.717, 1.165) is 0 Å². The fourth-order valence-electron chi connectivity index (χ4n) is 1.14. The van der Waals surface area contributed by atoms with Crippen molar-refractivity contribution in [2.75, 3.05) is 14.2 Å². The van der Waals surface area contributed by atoms with Crippen LogP contribution >= 0.6 is 23.2 Å². The molecule has 0 aliphatic carbocycles. The molecule has 82 valence electrons. The van der Waals surface area contributed by atoms with Gasteiger partial charge in [-0.15, -0.1) is 23.2 Å². The number of hydrogen-bond acceptors (Lipinski definition) is 3. The number of alkyl halides is 2. The predicted molar refractivity (Wildman–Crippen MR) is 58.8 cm³/mol. The van der Waals surface area contributed by atoms with Crippen molar-refractivity contribution in [3.05, 3.63) is 29.3 Å². The Morgan fingerprint density at radius 3 is 2.47 bits per heavy atom. The highest BCUT2D eigenvalue weighted by Crippen LogP contribution is 2.31. The first-order chi connectivity index (χ1) is 7.10. The van der Waals surface area contributed by atoms with Gasteiger partial charge in [0, 0.05) is 5.56 Å². The first kappa shape index (κ1) is 12.1. The zero-order chi connectivity index (χ0) is 11.4. The van der Waals surface area contributed by atoms with Gasteiger partial charge in [-0.1, -0.05) is 0 Å². The first-order valence-corrected chi connectivity index (χ1v) is 5.01. The number of benzene rings is 1. The van der Waals surface area contributed by atoms with Crippen molar-refractivity contribution >= 4 is 29.2 Å². The van der Waals surface area contributed by atoms with Crippen LogP contribution in [0.25, 0.3) is 0 Å². The third kappa shape index (κ3) is 2.76. The third-order valence-electron chi connectivity index (χ3n) is 1.90. The van der Waals surface area contributed by atoms with E-state index in [9.17, 15) is 4.79 Å². The molecule has 1 aromatic carbocycles. The smallest absolute Gasteiger partial charge is 0.338 e. The van der Waals surface area contributed by atoms with E-state index in [2.05, 4.69) is 4.74 Å². The number of halogens is 2. The molecule has 0 saturated carbocycles. The van der Waals surface area contributed by atoms with Crippen LogP contribution in [0.1, 0.15) is 20.8 Å². The molecule has 5 heteroatoms. The van der Waals surface area contributed by atoms with Crippen molar-refractivity contribution in [1.82, 2.24) is 0 Å². The van der Waals surface area contributed by atoms with Crippen LogP contribution in [0, 0.1) is 0 Å². The lowest BCUT2D eigenvalue weighted by molar-refractivity contribution is 0.0599. The Labute approximate surface area is 97.9 Å². The predicted octanol–water partition coefficient (Wildman–Crippen LogP) is 2.96. The Kier molecular flexibility index (Phi) is 4.24.